The highest BCUT2D eigenvalue weighted by atomic mass is 79.9. The van der Waals surface area contributed by atoms with Crippen LogP contribution in [0.5, 0.6) is 0 Å². The number of aliphatic hydroxyl groups is 1. The van der Waals surface area contributed by atoms with E-state index in [-0.39, 0.29) is 12.0 Å². The van der Waals surface area contributed by atoms with Gasteiger partial charge in [-0.05, 0) is 34.5 Å². The summed E-state index contributed by atoms with van der Waals surface area (Å²) in [4.78, 5) is 4.28. The van der Waals surface area contributed by atoms with Gasteiger partial charge in [0.05, 0.1) is 4.47 Å². The number of aliphatic hydroxyl groups excluding tert-OH is 1. The molecule has 1 aromatic heterocycles. The number of hydrogen-bond donors (Lipinski definition) is 2. The minimum absolute atomic E-state index is 0.133. The number of hydrogen-bond acceptors (Lipinski definition) is 3. The fraction of sp³-hybridized carbons (Fsp3) is 0.545. The van der Waals surface area contributed by atoms with E-state index in [0.717, 1.165) is 15.9 Å². The Hall–Kier alpha value is -0.610. The molecule has 0 bridgehead atoms. The van der Waals surface area contributed by atoms with Gasteiger partial charge in [0.15, 0.2) is 0 Å². The normalized spacial score (nSPS) is 11.5. The topological polar surface area (TPSA) is 45.2 Å². The fourth-order valence-electron chi connectivity index (χ4n) is 1.04. The zero-order chi connectivity index (χ0) is 11.5. The van der Waals surface area contributed by atoms with E-state index in [9.17, 15) is 0 Å². The molecule has 0 amide bonds. The number of nitrogens with zero attached hydrogens (tertiary/aromatic N) is 1. The average Bonchev–Trinajstić information content (AvgIpc) is 2.16. The molecular weight excluding hydrogens is 256 g/mol. The summed E-state index contributed by atoms with van der Waals surface area (Å²) in [5, 5.41) is 12.3. The summed E-state index contributed by atoms with van der Waals surface area (Å²) >= 11 is 3.45. The third-order valence-corrected chi connectivity index (χ3v) is 2.74. The molecule has 0 aliphatic carbocycles. The van der Waals surface area contributed by atoms with Crippen LogP contribution >= 0.6 is 15.9 Å². The predicted octanol–water partition coefficient (Wildman–Crippen LogP) is 2.58. The number of rotatable bonds is 4. The van der Waals surface area contributed by atoms with Crippen molar-refractivity contribution in [3.05, 3.63) is 22.3 Å². The molecule has 0 aliphatic rings. The van der Waals surface area contributed by atoms with Gasteiger partial charge in [-0.2, -0.15) is 0 Å². The molecule has 84 valence electrons. The van der Waals surface area contributed by atoms with Crippen molar-refractivity contribution in [1.82, 2.24) is 4.98 Å². The summed E-state index contributed by atoms with van der Waals surface area (Å²) < 4.78 is 0.955. The van der Waals surface area contributed by atoms with Gasteiger partial charge < -0.3 is 10.4 Å². The summed E-state index contributed by atoms with van der Waals surface area (Å²) in [5.41, 5.74) is 0.986. The van der Waals surface area contributed by atoms with Gasteiger partial charge in [0, 0.05) is 24.8 Å². The van der Waals surface area contributed by atoms with Crippen molar-refractivity contribution in [2.45, 2.75) is 20.8 Å². The first-order valence-corrected chi connectivity index (χ1v) is 5.71. The van der Waals surface area contributed by atoms with Gasteiger partial charge in [0.2, 0.25) is 0 Å². The Morgan fingerprint density at radius 2 is 2.20 bits per heavy atom. The molecule has 0 atom stereocenters. The molecular formula is C11H17BrN2O. The zero-order valence-corrected chi connectivity index (χ0v) is 10.9. The molecule has 0 saturated carbocycles. The van der Waals surface area contributed by atoms with Gasteiger partial charge in [-0.15, -0.1) is 0 Å². The second kappa shape index (κ2) is 4.94. The van der Waals surface area contributed by atoms with Crippen LogP contribution in [-0.4, -0.2) is 23.2 Å². The first-order chi connectivity index (χ1) is 6.94. The number of halogens is 1. The lowest BCUT2D eigenvalue weighted by Gasteiger charge is -2.22. The van der Waals surface area contributed by atoms with Crippen molar-refractivity contribution in [2.24, 2.45) is 5.41 Å². The van der Waals surface area contributed by atoms with Crippen LogP contribution in [0, 0.1) is 12.3 Å². The van der Waals surface area contributed by atoms with Gasteiger partial charge in [-0.1, -0.05) is 13.8 Å². The number of aromatic nitrogens is 1. The number of aryl methyl sites for hydroxylation is 1. The number of pyridine rings is 1. The van der Waals surface area contributed by atoms with Crippen LogP contribution in [0.25, 0.3) is 0 Å². The molecule has 4 heteroatoms. The number of anilines is 1. The van der Waals surface area contributed by atoms with Crippen molar-refractivity contribution in [3.63, 3.8) is 0 Å². The molecule has 1 rings (SSSR count). The highest BCUT2D eigenvalue weighted by molar-refractivity contribution is 9.10. The molecule has 2 N–H and O–H groups in total. The largest absolute Gasteiger partial charge is 0.396 e. The van der Waals surface area contributed by atoms with Crippen molar-refractivity contribution in [3.8, 4) is 0 Å². The van der Waals surface area contributed by atoms with E-state index in [2.05, 4.69) is 26.2 Å². The minimum Gasteiger partial charge on any atom is -0.396 e. The van der Waals surface area contributed by atoms with E-state index in [0.29, 0.717) is 6.54 Å². The second-order valence-electron chi connectivity index (χ2n) is 4.52. The van der Waals surface area contributed by atoms with Crippen molar-refractivity contribution in [2.75, 3.05) is 18.5 Å². The van der Waals surface area contributed by atoms with E-state index in [1.165, 1.54) is 0 Å². The lowest BCUT2D eigenvalue weighted by Crippen LogP contribution is -2.27. The molecule has 3 nitrogen and oxygen atoms in total. The Morgan fingerprint density at radius 3 is 2.73 bits per heavy atom. The van der Waals surface area contributed by atoms with Gasteiger partial charge in [-0.25, -0.2) is 4.98 Å². The van der Waals surface area contributed by atoms with Gasteiger partial charge in [0.1, 0.15) is 5.82 Å². The standard InChI is InChI=1S/C11H17BrN2O/c1-8-4-9(12)10(13-5-8)14-6-11(2,3)7-15/h4-5,15H,6-7H2,1-3H3,(H,13,14). The number of nitrogens with one attached hydrogen (secondary N) is 1. The molecule has 15 heavy (non-hydrogen) atoms. The Balaban J connectivity index is 2.66. The highest BCUT2D eigenvalue weighted by Gasteiger charge is 2.16. The average molecular weight is 273 g/mol. The molecule has 0 aromatic carbocycles. The highest BCUT2D eigenvalue weighted by Crippen LogP contribution is 2.22. The fourth-order valence-corrected chi connectivity index (χ4v) is 1.65. The molecule has 0 radical (unpaired) electrons. The Bertz CT molecular complexity index is 339. The Kier molecular flexibility index (Phi) is 4.11. The summed E-state index contributed by atoms with van der Waals surface area (Å²) in [6, 6.07) is 2.02. The molecule has 0 fully saturated rings. The molecule has 1 heterocycles. The van der Waals surface area contributed by atoms with Crippen LogP contribution in [0.3, 0.4) is 0 Å². The minimum atomic E-state index is -0.133. The van der Waals surface area contributed by atoms with Crippen LogP contribution in [0.4, 0.5) is 5.82 Å². The first kappa shape index (κ1) is 12.5. The molecule has 0 spiro atoms. The van der Waals surface area contributed by atoms with Crippen LogP contribution in [0.1, 0.15) is 19.4 Å². The second-order valence-corrected chi connectivity index (χ2v) is 5.37. The lowest BCUT2D eigenvalue weighted by atomic mass is 9.95. The molecule has 0 saturated heterocycles. The maximum Gasteiger partial charge on any atom is 0.140 e. The summed E-state index contributed by atoms with van der Waals surface area (Å²) in [6.45, 7) is 6.85. The van der Waals surface area contributed by atoms with Crippen LogP contribution in [0.2, 0.25) is 0 Å². The maximum absolute atomic E-state index is 9.11. The zero-order valence-electron chi connectivity index (χ0n) is 9.34. The summed E-state index contributed by atoms with van der Waals surface area (Å²) in [5.74, 6) is 0.821. The first-order valence-electron chi connectivity index (χ1n) is 4.91. The van der Waals surface area contributed by atoms with E-state index < -0.39 is 0 Å². The molecule has 0 unspecified atom stereocenters. The van der Waals surface area contributed by atoms with E-state index in [1.54, 1.807) is 0 Å². The predicted molar refractivity (Wildman–Crippen MR) is 66.0 cm³/mol. The summed E-state index contributed by atoms with van der Waals surface area (Å²) in [6.07, 6.45) is 1.82. The van der Waals surface area contributed by atoms with Crippen molar-refractivity contribution < 1.29 is 5.11 Å². The van der Waals surface area contributed by atoms with E-state index >= 15 is 0 Å². The third kappa shape index (κ3) is 3.80. The Labute approximate surface area is 99.1 Å². The lowest BCUT2D eigenvalue weighted by molar-refractivity contribution is 0.170. The molecule has 1 aromatic rings. The van der Waals surface area contributed by atoms with Gasteiger partial charge >= 0.3 is 0 Å². The Morgan fingerprint density at radius 1 is 1.53 bits per heavy atom. The van der Waals surface area contributed by atoms with Crippen LogP contribution in [0.15, 0.2) is 16.7 Å². The van der Waals surface area contributed by atoms with Crippen molar-refractivity contribution >= 4 is 21.7 Å². The van der Waals surface area contributed by atoms with Crippen molar-refractivity contribution in [1.29, 1.82) is 0 Å². The SMILES string of the molecule is Cc1cnc(NCC(C)(C)CO)c(Br)c1. The van der Waals surface area contributed by atoms with E-state index in [1.807, 2.05) is 33.0 Å². The summed E-state index contributed by atoms with van der Waals surface area (Å²) in [7, 11) is 0. The smallest absolute Gasteiger partial charge is 0.140 e. The van der Waals surface area contributed by atoms with Crippen LogP contribution < -0.4 is 5.32 Å². The van der Waals surface area contributed by atoms with Gasteiger partial charge in [-0.3, -0.25) is 0 Å². The van der Waals surface area contributed by atoms with E-state index in [4.69, 9.17) is 5.11 Å². The monoisotopic (exact) mass is 272 g/mol. The third-order valence-electron chi connectivity index (χ3n) is 2.14. The van der Waals surface area contributed by atoms with Gasteiger partial charge in [0.25, 0.3) is 0 Å². The van der Waals surface area contributed by atoms with Crippen LogP contribution in [-0.2, 0) is 0 Å². The quantitative estimate of drug-likeness (QED) is 0.886. The molecule has 0 aliphatic heterocycles. The maximum atomic E-state index is 9.11.